The smallest absolute Gasteiger partial charge is 0.131 e. The van der Waals surface area contributed by atoms with Gasteiger partial charge in [-0.25, -0.2) is 4.76 Å². The second-order valence-corrected chi connectivity index (χ2v) is 5.98. The van der Waals surface area contributed by atoms with E-state index in [1.807, 2.05) is 18.2 Å². The van der Waals surface area contributed by atoms with Gasteiger partial charge in [0.25, 0.3) is 0 Å². The van der Waals surface area contributed by atoms with Crippen LogP contribution in [-0.4, -0.2) is 28.2 Å². The van der Waals surface area contributed by atoms with Crippen LogP contribution in [0.15, 0.2) is 27.8 Å². The van der Waals surface area contributed by atoms with Gasteiger partial charge < -0.3 is 10.3 Å². The monoisotopic (exact) mass is 298 g/mol. The zero-order valence-electron chi connectivity index (χ0n) is 9.85. The Kier molecular flexibility index (Phi) is 3.12. The van der Waals surface area contributed by atoms with Gasteiger partial charge in [-0.3, -0.25) is 0 Å². The number of hydroxylamine groups is 2. The fourth-order valence-electron chi connectivity index (χ4n) is 2.01. The molecule has 0 aromatic heterocycles. The Labute approximate surface area is 109 Å². The Morgan fingerprint density at radius 2 is 2.24 bits per heavy atom. The Morgan fingerprint density at radius 1 is 1.53 bits per heavy atom. The standard InChI is InChI=1S/C12H15BrN2O2/c1-12(2,16)8-15(17)7-9-3-4-11(13)5-10(9)6-14-15/h3-6,16H,7-8H2,1-2H3. The van der Waals surface area contributed by atoms with Gasteiger partial charge in [0, 0.05) is 15.6 Å². The molecule has 4 nitrogen and oxygen atoms in total. The summed E-state index contributed by atoms with van der Waals surface area (Å²) in [7, 11) is 0. The van der Waals surface area contributed by atoms with E-state index >= 15 is 0 Å². The minimum atomic E-state index is -1.02. The van der Waals surface area contributed by atoms with Gasteiger partial charge in [0.1, 0.15) is 18.7 Å². The van der Waals surface area contributed by atoms with Crippen LogP contribution < -0.4 is 0 Å². The normalized spacial score (nSPS) is 23.6. The van der Waals surface area contributed by atoms with Gasteiger partial charge in [-0.2, -0.15) is 0 Å². The van der Waals surface area contributed by atoms with Gasteiger partial charge in [-0.15, -0.1) is 0 Å². The van der Waals surface area contributed by atoms with Crippen molar-refractivity contribution in [2.75, 3.05) is 6.54 Å². The molecular weight excluding hydrogens is 284 g/mol. The van der Waals surface area contributed by atoms with Crippen LogP contribution in [0.2, 0.25) is 0 Å². The third-order valence-electron chi connectivity index (χ3n) is 2.57. The first-order valence-electron chi connectivity index (χ1n) is 5.42. The van der Waals surface area contributed by atoms with Crippen LogP contribution in [0.1, 0.15) is 25.0 Å². The van der Waals surface area contributed by atoms with E-state index in [1.165, 1.54) is 0 Å². The first-order valence-corrected chi connectivity index (χ1v) is 6.21. The minimum Gasteiger partial charge on any atom is -0.604 e. The number of hydrogen-bond acceptors (Lipinski definition) is 3. The molecule has 2 rings (SSSR count). The Bertz CT molecular complexity index is 468. The summed E-state index contributed by atoms with van der Waals surface area (Å²) < 4.78 is 0.217. The second kappa shape index (κ2) is 4.17. The van der Waals surface area contributed by atoms with Crippen LogP contribution in [0.25, 0.3) is 0 Å². The van der Waals surface area contributed by atoms with Crippen molar-refractivity contribution in [1.29, 1.82) is 0 Å². The van der Waals surface area contributed by atoms with Crippen molar-refractivity contribution >= 4 is 22.1 Å². The Balaban J connectivity index is 2.27. The number of quaternary nitrogens is 1. The number of rotatable bonds is 2. The lowest BCUT2D eigenvalue weighted by molar-refractivity contribution is -0.906. The maximum Gasteiger partial charge on any atom is 0.131 e. The molecule has 1 heterocycles. The molecule has 1 aliphatic heterocycles. The van der Waals surface area contributed by atoms with Crippen molar-refractivity contribution in [2.24, 2.45) is 5.10 Å². The number of halogens is 1. The number of nitrogens with zero attached hydrogens (tertiary/aromatic N) is 2. The summed E-state index contributed by atoms with van der Waals surface area (Å²) >= 11 is 3.38. The van der Waals surface area contributed by atoms with E-state index in [0.29, 0.717) is 0 Å². The molecule has 0 radical (unpaired) electrons. The highest BCUT2D eigenvalue weighted by atomic mass is 79.9. The molecule has 1 aromatic carbocycles. The Hall–Kier alpha value is -0.750. The molecule has 0 bridgehead atoms. The minimum absolute atomic E-state index is 0.0546. The third kappa shape index (κ3) is 3.13. The van der Waals surface area contributed by atoms with Crippen LogP contribution >= 0.6 is 15.9 Å². The summed E-state index contributed by atoms with van der Waals surface area (Å²) in [6.07, 6.45) is 1.59. The first kappa shape index (κ1) is 12.7. The van der Waals surface area contributed by atoms with Crippen molar-refractivity contribution in [2.45, 2.75) is 26.0 Å². The number of fused-ring (bicyclic) bond motifs is 1. The predicted molar refractivity (Wildman–Crippen MR) is 70.2 cm³/mol. The quantitative estimate of drug-likeness (QED) is 0.673. The SMILES string of the molecule is CC(C)(O)C[N+]1([O-])Cc2ccc(Br)cc2C=N1. The van der Waals surface area contributed by atoms with Crippen molar-refractivity contribution in [3.05, 3.63) is 39.0 Å². The maximum absolute atomic E-state index is 12.4. The number of hydrogen-bond donors (Lipinski definition) is 1. The lowest BCUT2D eigenvalue weighted by atomic mass is 10.1. The molecule has 5 heteroatoms. The van der Waals surface area contributed by atoms with Crippen LogP contribution in [0.5, 0.6) is 0 Å². The molecule has 0 spiro atoms. The van der Waals surface area contributed by atoms with Gasteiger partial charge in [0.15, 0.2) is 0 Å². The molecule has 17 heavy (non-hydrogen) atoms. The summed E-state index contributed by atoms with van der Waals surface area (Å²) in [5.74, 6) is 0. The molecule has 1 aromatic rings. The molecule has 0 amide bonds. The van der Waals surface area contributed by atoms with E-state index in [9.17, 15) is 10.3 Å². The van der Waals surface area contributed by atoms with E-state index in [2.05, 4.69) is 21.0 Å². The highest BCUT2D eigenvalue weighted by Crippen LogP contribution is 2.26. The molecule has 1 atom stereocenters. The molecule has 0 fully saturated rings. The summed E-state index contributed by atoms with van der Waals surface area (Å²) in [5.41, 5.74) is 0.897. The fourth-order valence-corrected chi connectivity index (χ4v) is 2.38. The number of aliphatic hydroxyl groups is 1. The summed E-state index contributed by atoms with van der Waals surface area (Å²) in [4.78, 5) is 0. The Morgan fingerprint density at radius 3 is 2.88 bits per heavy atom. The van der Waals surface area contributed by atoms with Crippen LogP contribution in [-0.2, 0) is 6.54 Å². The van der Waals surface area contributed by atoms with Gasteiger partial charge in [-0.1, -0.05) is 27.1 Å². The van der Waals surface area contributed by atoms with Crippen LogP contribution in [0, 0.1) is 5.21 Å². The lowest BCUT2D eigenvalue weighted by Crippen LogP contribution is -2.47. The molecule has 0 aliphatic carbocycles. The van der Waals surface area contributed by atoms with E-state index in [0.717, 1.165) is 15.6 Å². The van der Waals surface area contributed by atoms with Gasteiger partial charge in [0.05, 0.1) is 6.21 Å². The van der Waals surface area contributed by atoms with Gasteiger partial charge in [0.2, 0.25) is 0 Å². The van der Waals surface area contributed by atoms with Crippen molar-refractivity contribution < 1.29 is 9.86 Å². The topological polar surface area (TPSA) is 55.6 Å². The van der Waals surface area contributed by atoms with Gasteiger partial charge >= 0.3 is 0 Å². The molecule has 1 aliphatic rings. The lowest BCUT2D eigenvalue weighted by Gasteiger charge is -2.41. The molecule has 0 saturated carbocycles. The average molecular weight is 299 g/mol. The largest absolute Gasteiger partial charge is 0.604 e. The second-order valence-electron chi connectivity index (χ2n) is 5.06. The molecule has 0 saturated heterocycles. The van der Waals surface area contributed by atoms with Crippen molar-refractivity contribution in [3.8, 4) is 0 Å². The highest BCUT2D eigenvalue weighted by Gasteiger charge is 2.30. The van der Waals surface area contributed by atoms with Crippen LogP contribution in [0.4, 0.5) is 0 Å². The van der Waals surface area contributed by atoms with Crippen molar-refractivity contribution in [1.82, 2.24) is 0 Å². The van der Waals surface area contributed by atoms with E-state index in [-0.39, 0.29) is 13.1 Å². The van der Waals surface area contributed by atoms with E-state index in [1.54, 1.807) is 20.1 Å². The first-order chi connectivity index (χ1) is 7.77. The zero-order valence-corrected chi connectivity index (χ0v) is 11.4. The molecule has 1 N–H and O–H groups in total. The molecule has 1 unspecified atom stereocenters. The maximum atomic E-state index is 12.4. The highest BCUT2D eigenvalue weighted by molar-refractivity contribution is 9.10. The predicted octanol–water partition coefficient (Wildman–Crippen LogP) is 2.38. The summed E-state index contributed by atoms with van der Waals surface area (Å²) in [5, 5.41) is 26.1. The summed E-state index contributed by atoms with van der Waals surface area (Å²) in [6.45, 7) is 3.57. The average Bonchev–Trinajstić information content (AvgIpc) is 2.15. The van der Waals surface area contributed by atoms with E-state index in [4.69, 9.17) is 0 Å². The molecule has 92 valence electrons. The van der Waals surface area contributed by atoms with Crippen LogP contribution in [0.3, 0.4) is 0 Å². The fraction of sp³-hybridized carbons (Fsp3) is 0.417. The van der Waals surface area contributed by atoms with Crippen molar-refractivity contribution in [3.63, 3.8) is 0 Å². The van der Waals surface area contributed by atoms with E-state index < -0.39 is 10.4 Å². The zero-order chi connectivity index (χ0) is 12.7. The third-order valence-corrected chi connectivity index (χ3v) is 3.06. The molecular formula is C12H15BrN2O2. The summed E-state index contributed by atoms with van der Waals surface area (Å²) in [6, 6.07) is 5.76. The number of benzene rings is 1. The van der Waals surface area contributed by atoms with Gasteiger partial charge in [-0.05, 0) is 26.0 Å².